The lowest BCUT2D eigenvalue weighted by Crippen LogP contribution is -2.19. The lowest BCUT2D eigenvalue weighted by molar-refractivity contribution is 0.0997. The topological polar surface area (TPSA) is 90.0 Å². The average Bonchev–Trinajstić information content (AvgIpc) is 2.68. The minimum absolute atomic E-state index is 0.0345. The van der Waals surface area contributed by atoms with E-state index < -0.39 is 5.91 Å². The minimum atomic E-state index is -0.694. The molecule has 0 radical (unpaired) electrons. The third-order valence-electron chi connectivity index (χ3n) is 2.89. The van der Waals surface area contributed by atoms with Gasteiger partial charge in [-0.3, -0.25) is 9.59 Å². The van der Waals surface area contributed by atoms with Crippen molar-refractivity contribution < 1.29 is 9.59 Å². The summed E-state index contributed by atoms with van der Waals surface area (Å²) >= 11 is 5.76. The Hall–Kier alpha value is -2.34. The zero-order valence-corrected chi connectivity index (χ0v) is 11.7. The van der Waals surface area contributed by atoms with Crippen LogP contribution in [0.3, 0.4) is 0 Å². The van der Waals surface area contributed by atoms with Crippen LogP contribution in [0, 0.1) is 6.92 Å². The summed E-state index contributed by atoms with van der Waals surface area (Å²) in [5.74, 6) is -0.215. The highest BCUT2D eigenvalue weighted by atomic mass is 35.5. The number of hydrogen-bond acceptors (Lipinski definition) is 3. The Morgan fingerprint density at radius 2 is 1.90 bits per heavy atom. The van der Waals surface area contributed by atoms with Gasteiger partial charge >= 0.3 is 0 Å². The van der Waals surface area contributed by atoms with Gasteiger partial charge in [-0.2, -0.15) is 0 Å². The number of nitrogens with one attached hydrogen (secondary N) is 1. The summed E-state index contributed by atoms with van der Waals surface area (Å²) in [6.07, 6.45) is 0. The number of primary amides is 1. The Bertz CT molecular complexity index is 676. The Kier molecular flexibility index (Phi) is 3.76. The molecule has 6 nitrogen and oxygen atoms in total. The van der Waals surface area contributed by atoms with Crippen LogP contribution >= 0.6 is 11.6 Å². The smallest absolute Gasteiger partial charge is 0.271 e. The summed E-state index contributed by atoms with van der Waals surface area (Å²) < 4.78 is 1.59. The third kappa shape index (κ3) is 2.65. The largest absolute Gasteiger partial charge is 0.364 e. The van der Waals surface area contributed by atoms with Gasteiger partial charge in [0.1, 0.15) is 11.6 Å². The summed E-state index contributed by atoms with van der Waals surface area (Å²) in [7, 11) is 1.69. The van der Waals surface area contributed by atoms with E-state index in [1.54, 1.807) is 42.8 Å². The van der Waals surface area contributed by atoms with Crippen molar-refractivity contribution in [2.45, 2.75) is 6.92 Å². The minimum Gasteiger partial charge on any atom is -0.364 e. The van der Waals surface area contributed by atoms with E-state index in [0.717, 1.165) is 0 Å². The van der Waals surface area contributed by atoms with Gasteiger partial charge in [0.15, 0.2) is 5.69 Å². The Labute approximate surface area is 120 Å². The number of hydrogen-bond donors (Lipinski definition) is 2. The molecule has 0 unspecified atom stereocenters. The van der Waals surface area contributed by atoms with Crippen molar-refractivity contribution in [1.29, 1.82) is 0 Å². The predicted molar refractivity (Wildman–Crippen MR) is 75.9 cm³/mol. The van der Waals surface area contributed by atoms with E-state index in [4.69, 9.17) is 17.3 Å². The van der Waals surface area contributed by atoms with E-state index in [2.05, 4.69) is 10.3 Å². The molecule has 1 heterocycles. The zero-order valence-electron chi connectivity index (χ0n) is 11.0. The van der Waals surface area contributed by atoms with Crippen molar-refractivity contribution in [2.75, 3.05) is 5.32 Å². The van der Waals surface area contributed by atoms with E-state index in [1.165, 1.54) is 0 Å². The third-order valence-corrected chi connectivity index (χ3v) is 3.14. The molecular formula is C13H13ClN4O2. The Morgan fingerprint density at radius 1 is 1.30 bits per heavy atom. The van der Waals surface area contributed by atoms with E-state index in [9.17, 15) is 9.59 Å². The molecule has 7 heteroatoms. The van der Waals surface area contributed by atoms with Gasteiger partial charge in [-0.15, -0.1) is 0 Å². The molecule has 0 aliphatic rings. The number of aryl methyl sites for hydroxylation is 1. The maximum Gasteiger partial charge on any atom is 0.271 e. The first-order valence-corrected chi connectivity index (χ1v) is 6.18. The van der Waals surface area contributed by atoms with Crippen molar-refractivity contribution >= 4 is 29.2 Å². The Balaban J connectivity index is 2.32. The van der Waals surface area contributed by atoms with Crippen LogP contribution in [-0.4, -0.2) is 21.4 Å². The lowest BCUT2D eigenvalue weighted by Gasteiger charge is -2.07. The number of halogens is 1. The molecule has 2 rings (SSSR count). The maximum atomic E-state index is 12.1. The highest BCUT2D eigenvalue weighted by Crippen LogP contribution is 2.17. The SMILES string of the molecule is Cc1nc(C(N)=O)c(NC(=O)c2ccc(Cl)cc2)n1C. The molecule has 0 bridgehead atoms. The van der Waals surface area contributed by atoms with Crippen LogP contribution in [0.15, 0.2) is 24.3 Å². The van der Waals surface area contributed by atoms with E-state index >= 15 is 0 Å². The van der Waals surface area contributed by atoms with Crippen molar-refractivity contribution in [3.05, 3.63) is 46.4 Å². The van der Waals surface area contributed by atoms with Crippen LogP contribution in [0.5, 0.6) is 0 Å². The number of imidazole rings is 1. The second-order valence-electron chi connectivity index (χ2n) is 4.24. The first-order chi connectivity index (χ1) is 9.40. The lowest BCUT2D eigenvalue weighted by atomic mass is 10.2. The summed E-state index contributed by atoms with van der Waals surface area (Å²) in [4.78, 5) is 27.5. The van der Waals surface area contributed by atoms with Gasteiger partial charge in [0.2, 0.25) is 0 Å². The van der Waals surface area contributed by atoms with Crippen LogP contribution in [-0.2, 0) is 7.05 Å². The van der Waals surface area contributed by atoms with Crippen molar-refractivity contribution in [2.24, 2.45) is 12.8 Å². The van der Waals surface area contributed by atoms with Crippen molar-refractivity contribution in [3.8, 4) is 0 Å². The van der Waals surface area contributed by atoms with Gasteiger partial charge in [-0.1, -0.05) is 11.6 Å². The van der Waals surface area contributed by atoms with Gasteiger partial charge in [-0.05, 0) is 31.2 Å². The molecule has 2 aromatic rings. The summed E-state index contributed by atoms with van der Waals surface area (Å²) in [6.45, 7) is 1.71. The standard InChI is InChI=1S/C13H13ClN4O2/c1-7-16-10(11(15)19)12(18(7)2)17-13(20)8-3-5-9(14)6-4-8/h3-6H,1-2H3,(H2,15,19)(H,17,20). The molecule has 0 spiro atoms. The van der Waals surface area contributed by atoms with Crippen LogP contribution in [0.25, 0.3) is 0 Å². The van der Waals surface area contributed by atoms with Gasteiger partial charge in [0.05, 0.1) is 0 Å². The molecular weight excluding hydrogens is 280 g/mol. The molecule has 0 atom stereocenters. The normalized spacial score (nSPS) is 10.3. The fourth-order valence-electron chi connectivity index (χ4n) is 1.71. The molecule has 0 aliphatic carbocycles. The summed E-state index contributed by atoms with van der Waals surface area (Å²) in [5, 5.41) is 3.17. The van der Waals surface area contributed by atoms with Crippen molar-refractivity contribution in [1.82, 2.24) is 9.55 Å². The van der Waals surface area contributed by atoms with E-state index in [1.807, 2.05) is 0 Å². The quantitative estimate of drug-likeness (QED) is 0.902. The van der Waals surface area contributed by atoms with Gasteiger partial charge in [0.25, 0.3) is 11.8 Å². The fraction of sp³-hybridized carbons (Fsp3) is 0.154. The second kappa shape index (κ2) is 5.34. The molecule has 0 saturated carbocycles. The number of aromatic nitrogens is 2. The number of nitrogens with two attached hydrogens (primary N) is 1. The maximum absolute atomic E-state index is 12.1. The average molecular weight is 293 g/mol. The molecule has 0 aliphatic heterocycles. The van der Waals surface area contributed by atoms with Crippen LogP contribution in [0.2, 0.25) is 5.02 Å². The van der Waals surface area contributed by atoms with Gasteiger partial charge in [-0.25, -0.2) is 4.98 Å². The van der Waals surface area contributed by atoms with Gasteiger partial charge in [0, 0.05) is 17.6 Å². The zero-order chi connectivity index (χ0) is 14.9. The highest BCUT2D eigenvalue weighted by molar-refractivity contribution is 6.30. The summed E-state index contributed by atoms with van der Waals surface area (Å²) in [6, 6.07) is 6.40. The van der Waals surface area contributed by atoms with Gasteiger partial charge < -0.3 is 15.6 Å². The molecule has 0 saturated heterocycles. The number of carbonyl (C=O) groups is 2. The summed E-state index contributed by atoms with van der Waals surface area (Å²) in [5.41, 5.74) is 5.70. The molecule has 1 aromatic heterocycles. The van der Waals surface area contributed by atoms with E-state index in [0.29, 0.717) is 16.4 Å². The first-order valence-electron chi connectivity index (χ1n) is 5.80. The highest BCUT2D eigenvalue weighted by Gasteiger charge is 2.19. The number of nitrogens with zero attached hydrogens (tertiary/aromatic N) is 2. The number of rotatable bonds is 3. The fourth-order valence-corrected chi connectivity index (χ4v) is 1.83. The van der Waals surface area contributed by atoms with Crippen LogP contribution < -0.4 is 11.1 Å². The molecule has 104 valence electrons. The monoisotopic (exact) mass is 292 g/mol. The number of amides is 2. The first kappa shape index (κ1) is 14.1. The number of carbonyl (C=O) groups excluding carboxylic acids is 2. The van der Waals surface area contributed by atoms with Crippen LogP contribution in [0.1, 0.15) is 26.7 Å². The Morgan fingerprint density at radius 3 is 2.45 bits per heavy atom. The molecule has 20 heavy (non-hydrogen) atoms. The molecule has 0 fully saturated rings. The molecule has 3 N–H and O–H groups in total. The van der Waals surface area contributed by atoms with E-state index in [-0.39, 0.29) is 17.4 Å². The predicted octanol–water partition coefficient (Wildman–Crippen LogP) is 1.73. The molecule has 2 amide bonds. The second-order valence-corrected chi connectivity index (χ2v) is 4.68. The van der Waals surface area contributed by atoms with Crippen molar-refractivity contribution in [3.63, 3.8) is 0 Å². The van der Waals surface area contributed by atoms with Crippen LogP contribution in [0.4, 0.5) is 5.82 Å². The molecule has 1 aromatic carbocycles. The number of benzene rings is 1. The number of anilines is 1.